The molecule has 1 heterocycles. The van der Waals surface area contributed by atoms with Gasteiger partial charge in [-0.15, -0.1) is 0 Å². The lowest BCUT2D eigenvalue weighted by atomic mass is 10.1. The minimum atomic E-state index is -0.345. The predicted molar refractivity (Wildman–Crippen MR) is 76.4 cm³/mol. The van der Waals surface area contributed by atoms with Crippen molar-refractivity contribution in [2.45, 2.75) is 32.5 Å². The Kier molecular flexibility index (Phi) is 4.74. The van der Waals surface area contributed by atoms with Crippen LogP contribution in [-0.4, -0.2) is 29.4 Å². The molecule has 0 spiro atoms. The Morgan fingerprint density at radius 3 is 2.65 bits per heavy atom. The van der Waals surface area contributed by atoms with Gasteiger partial charge in [-0.05, 0) is 12.0 Å². The molecule has 0 saturated carbocycles. The molecular formula is C15H21N3O2. The molecule has 0 aromatic heterocycles. The molecule has 1 aliphatic heterocycles. The summed E-state index contributed by atoms with van der Waals surface area (Å²) in [5.41, 5.74) is 6.60. The van der Waals surface area contributed by atoms with Crippen molar-refractivity contribution in [2.24, 2.45) is 11.7 Å². The van der Waals surface area contributed by atoms with Crippen LogP contribution in [0.4, 0.5) is 0 Å². The van der Waals surface area contributed by atoms with Crippen LogP contribution < -0.4 is 11.1 Å². The Bertz CT molecular complexity index is 475. The van der Waals surface area contributed by atoms with E-state index in [9.17, 15) is 9.59 Å². The quantitative estimate of drug-likeness (QED) is 0.836. The maximum atomic E-state index is 11.6. The highest BCUT2D eigenvalue weighted by molar-refractivity contribution is 5.80. The molecule has 2 atom stereocenters. The third-order valence-corrected chi connectivity index (χ3v) is 3.73. The number of likely N-dealkylation sites (tertiary alicyclic amines) is 1. The van der Waals surface area contributed by atoms with Gasteiger partial charge in [-0.25, -0.2) is 0 Å². The monoisotopic (exact) mass is 275 g/mol. The summed E-state index contributed by atoms with van der Waals surface area (Å²) >= 11 is 0. The SMILES string of the molecule is CCC(=O)NC1C(C(N)=O)CCN1Cc1ccccc1. The maximum absolute atomic E-state index is 11.6. The zero-order valence-corrected chi connectivity index (χ0v) is 11.7. The highest BCUT2D eigenvalue weighted by Gasteiger charge is 2.38. The Balaban J connectivity index is 2.10. The minimum Gasteiger partial charge on any atom is -0.369 e. The molecule has 3 N–H and O–H groups in total. The summed E-state index contributed by atoms with van der Waals surface area (Å²) in [7, 11) is 0. The summed E-state index contributed by atoms with van der Waals surface area (Å²) in [6.45, 7) is 3.27. The molecule has 1 saturated heterocycles. The molecule has 1 aliphatic rings. The largest absolute Gasteiger partial charge is 0.369 e. The predicted octanol–water partition coefficient (Wildman–Crippen LogP) is 0.846. The van der Waals surface area contributed by atoms with E-state index < -0.39 is 0 Å². The summed E-state index contributed by atoms with van der Waals surface area (Å²) in [4.78, 5) is 25.3. The van der Waals surface area contributed by atoms with Crippen LogP contribution in [0.25, 0.3) is 0 Å². The van der Waals surface area contributed by atoms with Crippen LogP contribution in [0.2, 0.25) is 0 Å². The lowest BCUT2D eigenvalue weighted by Crippen LogP contribution is -2.49. The minimum absolute atomic E-state index is 0.0544. The van der Waals surface area contributed by atoms with E-state index in [4.69, 9.17) is 5.73 Å². The number of carbonyl (C=O) groups excluding carboxylic acids is 2. The van der Waals surface area contributed by atoms with Crippen molar-refractivity contribution in [2.75, 3.05) is 6.54 Å². The van der Waals surface area contributed by atoms with E-state index in [-0.39, 0.29) is 23.9 Å². The van der Waals surface area contributed by atoms with Crippen LogP contribution in [0.5, 0.6) is 0 Å². The first-order chi connectivity index (χ1) is 9.61. The van der Waals surface area contributed by atoms with Crippen molar-refractivity contribution >= 4 is 11.8 Å². The van der Waals surface area contributed by atoms with Crippen molar-refractivity contribution in [1.29, 1.82) is 0 Å². The van der Waals surface area contributed by atoms with Gasteiger partial charge in [0.1, 0.15) is 0 Å². The number of benzene rings is 1. The zero-order chi connectivity index (χ0) is 14.5. The molecule has 20 heavy (non-hydrogen) atoms. The fourth-order valence-electron chi connectivity index (χ4n) is 2.61. The van der Waals surface area contributed by atoms with Crippen LogP contribution in [-0.2, 0) is 16.1 Å². The normalized spacial score (nSPS) is 22.6. The summed E-state index contributed by atoms with van der Waals surface area (Å²) in [6, 6.07) is 10.0. The number of nitrogens with one attached hydrogen (secondary N) is 1. The van der Waals surface area contributed by atoms with E-state index in [1.165, 1.54) is 0 Å². The first kappa shape index (κ1) is 14.5. The van der Waals surface area contributed by atoms with E-state index in [1.807, 2.05) is 30.3 Å². The fourth-order valence-corrected chi connectivity index (χ4v) is 2.61. The second kappa shape index (κ2) is 6.52. The number of hydrogen-bond donors (Lipinski definition) is 2. The Hall–Kier alpha value is -1.88. The molecule has 0 radical (unpaired) electrons. The Morgan fingerprint density at radius 2 is 2.05 bits per heavy atom. The molecule has 2 unspecified atom stereocenters. The van der Waals surface area contributed by atoms with Crippen LogP contribution >= 0.6 is 0 Å². The molecule has 1 aromatic rings. The first-order valence-electron chi connectivity index (χ1n) is 6.98. The topological polar surface area (TPSA) is 75.4 Å². The molecule has 5 heteroatoms. The molecule has 1 fully saturated rings. The fraction of sp³-hybridized carbons (Fsp3) is 0.467. The summed E-state index contributed by atoms with van der Waals surface area (Å²) in [5.74, 6) is -0.711. The van der Waals surface area contributed by atoms with E-state index in [0.29, 0.717) is 19.4 Å². The summed E-state index contributed by atoms with van der Waals surface area (Å²) in [5, 5.41) is 2.92. The van der Waals surface area contributed by atoms with Gasteiger partial charge in [-0.2, -0.15) is 0 Å². The molecule has 0 bridgehead atoms. The van der Waals surface area contributed by atoms with Gasteiger partial charge in [0.15, 0.2) is 0 Å². The molecule has 1 aromatic carbocycles. The second-order valence-corrected chi connectivity index (χ2v) is 5.12. The van der Waals surface area contributed by atoms with Gasteiger partial charge in [0, 0.05) is 19.5 Å². The molecular weight excluding hydrogens is 254 g/mol. The summed E-state index contributed by atoms with van der Waals surface area (Å²) in [6.07, 6.45) is 0.804. The number of rotatable bonds is 5. The highest BCUT2D eigenvalue weighted by atomic mass is 16.2. The molecule has 0 aliphatic carbocycles. The average molecular weight is 275 g/mol. The number of amides is 2. The number of nitrogens with two attached hydrogens (primary N) is 1. The molecule has 2 amide bonds. The van der Waals surface area contributed by atoms with Crippen LogP contribution in [0, 0.1) is 5.92 Å². The lowest BCUT2D eigenvalue weighted by Gasteiger charge is -2.28. The number of nitrogens with zero attached hydrogens (tertiary/aromatic N) is 1. The van der Waals surface area contributed by atoms with Crippen LogP contribution in [0.1, 0.15) is 25.3 Å². The van der Waals surface area contributed by atoms with Gasteiger partial charge in [0.05, 0.1) is 12.1 Å². The third kappa shape index (κ3) is 3.36. The van der Waals surface area contributed by atoms with Crippen molar-refractivity contribution in [3.8, 4) is 0 Å². The van der Waals surface area contributed by atoms with Crippen LogP contribution in [0.3, 0.4) is 0 Å². The number of hydrogen-bond acceptors (Lipinski definition) is 3. The van der Waals surface area contributed by atoms with Gasteiger partial charge >= 0.3 is 0 Å². The van der Waals surface area contributed by atoms with Crippen LogP contribution in [0.15, 0.2) is 30.3 Å². The van der Waals surface area contributed by atoms with Crippen molar-refractivity contribution < 1.29 is 9.59 Å². The molecule has 5 nitrogen and oxygen atoms in total. The van der Waals surface area contributed by atoms with E-state index in [0.717, 1.165) is 12.1 Å². The van der Waals surface area contributed by atoms with E-state index in [2.05, 4.69) is 10.2 Å². The van der Waals surface area contributed by atoms with Crippen molar-refractivity contribution in [3.63, 3.8) is 0 Å². The zero-order valence-electron chi connectivity index (χ0n) is 11.7. The highest BCUT2D eigenvalue weighted by Crippen LogP contribution is 2.24. The van der Waals surface area contributed by atoms with Gasteiger partial charge in [-0.1, -0.05) is 37.3 Å². The second-order valence-electron chi connectivity index (χ2n) is 5.12. The summed E-state index contributed by atoms with van der Waals surface area (Å²) < 4.78 is 0. The van der Waals surface area contributed by atoms with Gasteiger partial charge in [0.25, 0.3) is 0 Å². The smallest absolute Gasteiger partial charge is 0.224 e. The number of primary amides is 1. The van der Waals surface area contributed by atoms with Gasteiger partial charge < -0.3 is 11.1 Å². The van der Waals surface area contributed by atoms with Crippen molar-refractivity contribution in [1.82, 2.24) is 10.2 Å². The third-order valence-electron chi connectivity index (χ3n) is 3.73. The molecule has 2 rings (SSSR count). The Morgan fingerprint density at radius 1 is 1.35 bits per heavy atom. The van der Waals surface area contributed by atoms with Crippen molar-refractivity contribution in [3.05, 3.63) is 35.9 Å². The standard InChI is InChI=1S/C15H21N3O2/c1-2-13(19)17-15-12(14(16)20)8-9-18(15)10-11-6-4-3-5-7-11/h3-7,12,15H,2,8-10H2,1H3,(H2,16,20)(H,17,19). The molecule has 108 valence electrons. The van der Waals surface area contributed by atoms with E-state index >= 15 is 0 Å². The Labute approximate surface area is 119 Å². The first-order valence-corrected chi connectivity index (χ1v) is 6.98. The van der Waals surface area contributed by atoms with E-state index in [1.54, 1.807) is 6.92 Å². The van der Waals surface area contributed by atoms with Gasteiger partial charge in [0.2, 0.25) is 11.8 Å². The average Bonchev–Trinajstić information content (AvgIpc) is 2.83. The lowest BCUT2D eigenvalue weighted by molar-refractivity contribution is -0.126. The maximum Gasteiger partial charge on any atom is 0.224 e. The number of carbonyl (C=O) groups is 2. The van der Waals surface area contributed by atoms with Gasteiger partial charge in [-0.3, -0.25) is 14.5 Å².